The largest absolute Gasteiger partial charge is 0.506 e. The van der Waals surface area contributed by atoms with Gasteiger partial charge in [0.15, 0.2) is 5.82 Å². The normalized spacial score (nSPS) is 16.3. The number of ether oxygens (including phenoxy) is 1. The lowest BCUT2D eigenvalue weighted by atomic mass is 9.95. The number of nitrogens with zero attached hydrogens (tertiary/aromatic N) is 2. The standard InChI is InChI=1S/C23H19N3O3/c1-23(2)10-8-12-17(29-23)7-6-15-18(12)13-9-11-26-21(20(13)24-15)25-19-14(22(26)28)4-3-5-16(19)27/h3-8,10,24,27H,9,11H2,1-2H3. The molecule has 0 fully saturated rings. The van der Waals surface area contributed by atoms with Gasteiger partial charge < -0.3 is 14.8 Å². The Morgan fingerprint density at radius 2 is 2.10 bits per heavy atom. The summed E-state index contributed by atoms with van der Waals surface area (Å²) >= 11 is 0. The molecule has 4 heterocycles. The van der Waals surface area contributed by atoms with E-state index >= 15 is 0 Å². The van der Waals surface area contributed by atoms with Crippen LogP contribution in [0.1, 0.15) is 25.0 Å². The van der Waals surface area contributed by atoms with E-state index in [0.717, 1.165) is 39.9 Å². The molecule has 0 unspecified atom stereocenters. The number of rotatable bonds is 0. The maximum atomic E-state index is 13.0. The van der Waals surface area contributed by atoms with Crippen LogP contribution in [0.25, 0.3) is 39.4 Å². The Morgan fingerprint density at radius 1 is 1.24 bits per heavy atom. The number of aromatic nitrogens is 3. The van der Waals surface area contributed by atoms with Gasteiger partial charge in [0.25, 0.3) is 5.56 Å². The maximum Gasteiger partial charge on any atom is 0.261 e. The number of fused-ring (bicyclic) bond motifs is 8. The molecule has 2 aromatic carbocycles. The number of phenolic OH excluding ortho intramolecular Hbond substituents is 1. The molecule has 29 heavy (non-hydrogen) atoms. The summed E-state index contributed by atoms with van der Waals surface area (Å²) in [6.45, 7) is 4.62. The second kappa shape index (κ2) is 5.29. The molecule has 0 saturated carbocycles. The summed E-state index contributed by atoms with van der Waals surface area (Å²) in [7, 11) is 0. The maximum absolute atomic E-state index is 13.0. The number of hydrogen-bond donors (Lipinski definition) is 2. The minimum Gasteiger partial charge on any atom is -0.506 e. The Kier molecular flexibility index (Phi) is 2.99. The third-order valence-electron chi connectivity index (χ3n) is 5.87. The number of nitrogens with one attached hydrogen (secondary N) is 1. The molecule has 0 radical (unpaired) electrons. The van der Waals surface area contributed by atoms with Gasteiger partial charge in [0.05, 0.1) is 11.1 Å². The summed E-state index contributed by atoms with van der Waals surface area (Å²) in [6.07, 6.45) is 4.91. The van der Waals surface area contributed by atoms with Crippen LogP contribution in [0, 0.1) is 0 Å². The molecule has 0 saturated heterocycles. The van der Waals surface area contributed by atoms with Crippen LogP contribution in [0.3, 0.4) is 0 Å². The van der Waals surface area contributed by atoms with Crippen LogP contribution in [-0.2, 0) is 13.0 Å². The molecule has 6 nitrogen and oxygen atoms in total. The fourth-order valence-corrected chi connectivity index (χ4v) is 4.51. The van der Waals surface area contributed by atoms with E-state index in [1.807, 2.05) is 26.0 Å². The van der Waals surface area contributed by atoms with E-state index in [0.29, 0.717) is 23.3 Å². The molecule has 2 aliphatic rings. The molecule has 0 atom stereocenters. The highest BCUT2D eigenvalue weighted by Crippen LogP contribution is 2.42. The van der Waals surface area contributed by atoms with Gasteiger partial charge in [-0.3, -0.25) is 9.36 Å². The molecule has 6 heteroatoms. The van der Waals surface area contributed by atoms with Gasteiger partial charge in [-0.15, -0.1) is 0 Å². The van der Waals surface area contributed by atoms with Gasteiger partial charge in [0, 0.05) is 23.0 Å². The van der Waals surface area contributed by atoms with Crippen molar-refractivity contribution in [2.45, 2.75) is 32.4 Å². The first-order valence-corrected chi connectivity index (χ1v) is 9.72. The van der Waals surface area contributed by atoms with Crippen molar-refractivity contribution in [2.24, 2.45) is 0 Å². The number of benzene rings is 2. The molecule has 2 aromatic heterocycles. The van der Waals surface area contributed by atoms with Crippen LogP contribution in [0.15, 0.2) is 41.2 Å². The number of hydrogen-bond acceptors (Lipinski definition) is 4. The minimum absolute atomic E-state index is 0.0159. The number of H-pyrrole nitrogens is 1. The number of phenols is 1. The van der Waals surface area contributed by atoms with Crippen LogP contribution in [-0.4, -0.2) is 25.2 Å². The fraction of sp³-hybridized carbons (Fsp3) is 0.217. The van der Waals surface area contributed by atoms with Crippen LogP contribution in [0.2, 0.25) is 0 Å². The Morgan fingerprint density at radius 3 is 2.97 bits per heavy atom. The van der Waals surface area contributed by atoms with Gasteiger partial charge in [0.1, 0.15) is 22.6 Å². The average molecular weight is 385 g/mol. The molecule has 144 valence electrons. The van der Waals surface area contributed by atoms with Crippen molar-refractivity contribution < 1.29 is 9.84 Å². The molecule has 0 aliphatic carbocycles. The van der Waals surface area contributed by atoms with E-state index in [9.17, 15) is 9.90 Å². The van der Waals surface area contributed by atoms with Crippen molar-refractivity contribution in [1.29, 1.82) is 0 Å². The minimum atomic E-state index is -0.338. The molecule has 0 amide bonds. The van der Waals surface area contributed by atoms with Gasteiger partial charge in [-0.05, 0) is 56.2 Å². The lowest BCUT2D eigenvalue weighted by Crippen LogP contribution is -2.28. The number of para-hydroxylation sites is 1. The van der Waals surface area contributed by atoms with Crippen LogP contribution in [0.4, 0.5) is 0 Å². The number of aromatic amines is 1. The van der Waals surface area contributed by atoms with E-state index < -0.39 is 0 Å². The molecule has 2 aliphatic heterocycles. The van der Waals surface area contributed by atoms with Crippen molar-refractivity contribution in [3.63, 3.8) is 0 Å². The molecule has 6 rings (SSSR count). The number of aromatic hydroxyl groups is 1. The summed E-state index contributed by atoms with van der Waals surface area (Å²) in [5.74, 6) is 1.44. The Hall–Kier alpha value is -3.54. The summed E-state index contributed by atoms with van der Waals surface area (Å²) in [6, 6.07) is 8.94. The molecule has 2 N–H and O–H groups in total. The third-order valence-corrected chi connectivity index (χ3v) is 5.87. The third kappa shape index (κ3) is 2.17. The molecule has 4 aromatic rings. The van der Waals surface area contributed by atoms with Crippen LogP contribution < -0.4 is 10.3 Å². The fourth-order valence-electron chi connectivity index (χ4n) is 4.51. The number of aryl methyl sites for hydroxylation is 1. The Bertz CT molecular complexity index is 1440. The topological polar surface area (TPSA) is 80.1 Å². The second-order valence-corrected chi connectivity index (χ2v) is 8.23. The molecular formula is C23H19N3O3. The van der Waals surface area contributed by atoms with Crippen molar-refractivity contribution in [3.8, 4) is 23.0 Å². The SMILES string of the molecule is CC1(C)C=Cc2c(ccc3[nH]c4c(c23)CCn2c-4nc3c(O)cccc3c2=O)O1. The zero-order valence-electron chi connectivity index (χ0n) is 16.1. The molecule has 0 spiro atoms. The second-order valence-electron chi connectivity index (χ2n) is 8.23. The highest BCUT2D eigenvalue weighted by atomic mass is 16.5. The smallest absolute Gasteiger partial charge is 0.261 e. The zero-order valence-corrected chi connectivity index (χ0v) is 16.1. The average Bonchev–Trinajstić information content (AvgIpc) is 3.07. The first-order chi connectivity index (χ1) is 13.9. The summed E-state index contributed by atoms with van der Waals surface area (Å²) in [5.41, 5.74) is 3.88. The first kappa shape index (κ1) is 16.4. The summed E-state index contributed by atoms with van der Waals surface area (Å²) < 4.78 is 7.84. The van der Waals surface area contributed by atoms with Crippen molar-refractivity contribution in [2.75, 3.05) is 0 Å². The van der Waals surface area contributed by atoms with E-state index in [1.165, 1.54) is 0 Å². The molecule has 0 bridgehead atoms. The Balaban J connectivity index is 1.67. The molecular weight excluding hydrogens is 366 g/mol. The van der Waals surface area contributed by atoms with Gasteiger partial charge in [-0.2, -0.15) is 0 Å². The van der Waals surface area contributed by atoms with E-state index in [-0.39, 0.29) is 16.9 Å². The summed E-state index contributed by atoms with van der Waals surface area (Å²) in [5, 5.41) is 11.8. The van der Waals surface area contributed by atoms with Gasteiger partial charge in [0.2, 0.25) is 0 Å². The predicted octanol–water partition coefficient (Wildman–Crippen LogP) is 3.99. The van der Waals surface area contributed by atoms with Crippen LogP contribution >= 0.6 is 0 Å². The van der Waals surface area contributed by atoms with Crippen molar-refractivity contribution >= 4 is 27.9 Å². The van der Waals surface area contributed by atoms with Gasteiger partial charge >= 0.3 is 0 Å². The van der Waals surface area contributed by atoms with E-state index in [2.05, 4.69) is 22.1 Å². The van der Waals surface area contributed by atoms with Crippen molar-refractivity contribution in [3.05, 3.63) is 57.9 Å². The van der Waals surface area contributed by atoms with Gasteiger partial charge in [-0.1, -0.05) is 12.1 Å². The van der Waals surface area contributed by atoms with Crippen molar-refractivity contribution in [1.82, 2.24) is 14.5 Å². The lowest BCUT2D eigenvalue weighted by Gasteiger charge is -2.28. The van der Waals surface area contributed by atoms with E-state index in [1.54, 1.807) is 22.8 Å². The predicted molar refractivity (Wildman–Crippen MR) is 112 cm³/mol. The quantitative estimate of drug-likeness (QED) is 0.480. The lowest BCUT2D eigenvalue weighted by molar-refractivity contribution is 0.159. The monoisotopic (exact) mass is 385 g/mol. The Labute approximate surface area is 166 Å². The van der Waals surface area contributed by atoms with Crippen LogP contribution in [0.5, 0.6) is 11.5 Å². The first-order valence-electron chi connectivity index (χ1n) is 9.72. The van der Waals surface area contributed by atoms with E-state index in [4.69, 9.17) is 4.74 Å². The highest BCUT2D eigenvalue weighted by molar-refractivity contribution is 5.99. The zero-order chi connectivity index (χ0) is 19.9. The highest BCUT2D eigenvalue weighted by Gasteiger charge is 2.29. The van der Waals surface area contributed by atoms with Gasteiger partial charge in [-0.25, -0.2) is 4.98 Å². The summed E-state index contributed by atoms with van der Waals surface area (Å²) in [4.78, 5) is 21.2.